The molecule has 0 N–H and O–H groups in total. The first-order chi connectivity index (χ1) is 11.2. The molecule has 1 fully saturated rings. The van der Waals surface area contributed by atoms with Crippen molar-refractivity contribution in [1.82, 2.24) is 9.47 Å². The number of non-ortho nitro benzene ring substituents is 1. The molecule has 0 amide bonds. The smallest absolute Gasteiger partial charge is 0.269 e. The average molecular weight is 315 g/mol. The molecule has 0 spiro atoms. The minimum atomic E-state index is -0.372. The summed E-state index contributed by atoms with van der Waals surface area (Å²) in [6.45, 7) is 4.78. The fraction of sp³-hybridized carbons (Fsp3) is 0.412. The zero-order chi connectivity index (χ0) is 16.1. The van der Waals surface area contributed by atoms with Crippen molar-refractivity contribution in [3.8, 4) is 5.69 Å². The van der Waals surface area contributed by atoms with Gasteiger partial charge in [-0.1, -0.05) is 0 Å². The summed E-state index contributed by atoms with van der Waals surface area (Å²) in [5, 5.41) is 10.7. The SMILES string of the molecule is O=[N+]([O-])c1ccc(-n2cccc2CCCN2CCOCC2)cc1. The molecule has 23 heavy (non-hydrogen) atoms. The molecule has 0 atom stereocenters. The van der Waals surface area contributed by atoms with E-state index in [0.29, 0.717) is 0 Å². The molecular weight excluding hydrogens is 294 g/mol. The fourth-order valence-electron chi connectivity index (χ4n) is 2.92. The van der Waals surface area contributed by atoms with Crippen molar-refractivity contribution in [3.05, 3.63) is 58.4 Å². The lowest BCUT2D eigenvalue weighted by Gasteiger charge is -2.26. The minimum absolute atomic E-state index is 0.120. The first kappa shape index (κ1) is 15.7. The van der Waals surface area contributed by atoms with Crippen molar-refractivity contribution in [2.45, 2.75) is 12.8 Å². The van der Waals surface area contributed by atoms with Crippen molar-refractivity contribution in [3.63, 3.8) is 0 Å². The molecule has 0 saturated carbocycles. The van der Waals surface area contributed by atoms with Crippen LogP contribution in [0.3, 0.4) is 0 Å². The second-order valence-electron chi connectivity index (χ2n) is 5.70. The van der Waals surface area contributed by atoms with Crippen LogP contribution in [0.25, 0.3) is 5.69 Å². The van der Waals surface area contributed by atoms with Gasteiger partial charge in [-0.3, -0.25) is 15.0 Å². The van der Waals surface area contributed by atoms with Crippen LogP contribution in [0.5, 0.6) is 0 Å². The van der Waals surface area contributed by atoms with Crippen LogP contribution >= 0.6 is 0 Å². The molecule has 1 aliphatic heterocycles. The number of hydrogen-bond acceptors (Lipinski definition) is 4. The number of aromatic nitrogens is 1. The summed E-state index contributed by atoms with van der Waals surface area (Å²) in [5.74, 6) is 0. The zero-order valence-electron chi connectivity index (χ0n) is 13.1. The Labute approximate surface area is 135 Å². The molecule has 1 aromatic heterocycles. The Kier molecular flexibility index (Phi) is 5.05. The molecule has 122 valence electrons. The summed E-state index contributed by atoms with van der Waals surface area (Å²) in [7, 11) is 0. The van der Waals surface area contributed by atoms with Crippen LogP contribution in [0.1, 0.15) is 12.1 Å². The van der Waals surface area contributed by atoms with Crippen LogP contribution in [0.15, 0.2) is 42.6 Å². The van der Waals surface area contributed by atoms with Gasteiger partial charge >= 0.3 is 0 Å². The highest BCUT2D eigenvalue weighted by Crippen LogP contribution is 2.18. The van der Waals surface area contributed by atoms with E-state index in [-0.39, 0.29) is 10.6 Å². The molecule has 0 radical (unpaired) electrons. The molecule has 1 aliphatic rings. The van der Waals surface area contributed by atoms with E-state index in [1.807, 2.05) is 12.3 Å². The lowest BCUT2D eigenvalue weighted by molar-refractivity contribution is -0.384. The Bertz CT molecular complexity index is 645. The molecule has 0 bridgehead atoms. The van der Waals surface area contributed by atoms with Gasteiger partial charge in [0, 0.05) is 42.8 Å². The van der Waals surface area contributed by atoms with Crippen LogP contribution in [-0.4, -0.2) is 47.2 Å². The maximum Gasteiger partial charge on any atom is 0.269 e. The maximum absolute atomic E-state index is 10.7. The third-order valence-corrected chi connectivity index (χ3v) is 4.18. The van der Waals surface area contributed by atoms with Crippen LogP contribution < -0.4 is 0 Å². The predicted molar refractivity (Wildman–Crippen MR) is 88.0 cm³/mol. The highest BCUT2D eigenvalue weighted by molar-refractivity contribution is 5.42. The topological polar surface area (TPSA) is 60.5 Å². The van der Waals surface area contributed by atoms with Gasteiger partial charge in [0.15, 0.2) is 0 Å². The minimum Gasteiger partial charge on any atom is -0.379 e. The highest BCUT2D eigenvalue weighted by atomic mass is 16.6. The molecule has 6 nitrogen and oxygen atoms in total. The Morgan fingerprint density at radius 2 is 1.87 bits per heavy atom. The highest BCUT2D eigenvalue weighted by Gasteiger charge is 2.11. The van der Waals surface area contributed by atoms with E-state index in [1.54, 1.807) is 24.3 Å². The quantitative estimate of drug-likeness (QED) is 0.607. The number of nitrogens with zero attached hydrogens (tertiary/aromatic N) is 3. The first-order valence-electron chi connectivity index (χ1n) is 7.95. The van der Waals surface area contributed by atoms with Crippen molar-refractivity contribution in [2.75, 3.05) is 32.8 Å². The number of rotatable bonds is 6. The van der Waals surface area contributed by atoms with Crippen LogP contribution in [0, 0.1) is 10.1 Å². The normalized spacial score (nSPS) is 15.7. The molecule has 0 aliphatic carbocycles. The summed E-state index contributed by atoms with van der Waals surface area (Å²) in [4.78, 5) is 12.8. The lowest BCUT2D eigenvalue weighted by atomic mass is 10.2. The van der Waals surface area contributed by atoms with Gasteiger partial charge in [0.05, 0.1) is 18.1 Å². The number of ether oxygens (including phenoxy) is 1. The summed E-state index contributed by atoms with van der Waals surface area (Å²) in [6, 6.07) is 10.8. The van der Waals surface area contributed by atoms with E-state index in [4.69, 9.17) is 4.74 Å². The number of benzene rings is 1. The molecule has 3 rings (SSSR count). The molecule has 6 heteroatoms. The molecule has 2 heterocycles. The Morgan fingerprint density at radius 3 is 2.57 bits per heavy atom. The van der Waals surface area contributed by atoms with Gasteiger partial charge in [0.2, 0.25) is 0 Å². The van der Waals surface area contributed by atoms with Crippen molar-refractivity contribution >= 4 is 5.69 Å². The predicted octanol–water partition coefficient (Wildman–Crippen LogP) is 2.65. The van der Waals surface area contributed by atoms with Gasteiger partial charge in [-0.25, -0.2) is 0 Å². The third kappa shape index (κ3) is 3.97. The second-order valence-corrected chi connectivity index (χ2v) is 5.70. The molecule has 1 aromatic carbocycles. The van der Waals surface area contributed by atoms with Crippen molar-refractivity contribution < 1.29 is 9.66 Å². The van der Waals surface area contributed by atoms with Gasteiger partial charge in [-0.05, 0) is 43.7 Å². The van der Waals surface area contributed by atoms with Crippen molar-refractivity contribution in [2.24, 2.45) is 0 Å². The molecular formula is C17H21N3O3. The van der Waals surface area contributed by atoms with Gasteiger partial charge in [0.25, 0.3) is 5.69 Å². The largest absolute Gasteiger partial charge is 0.379 e. The first-order valence-corrected chi connectivity index (χ1v) is 7.95. The number of nitro benzene ring substituents is 1. The standard InChI is InChI=1S/C17H21N3O3/c21-20(22)17-7-5-16(6-8-17)19-10-2-4-15(19)3-1-9-18-11-13-23-14-12-18/h2,4-8,10H,1,3,9,11-14H2. The van der Waals surface area contributed by atoms with Gasteiger partial charge in [-0.15, -0.1) is 0 Å². The van der Waals surface area contributed by atoms with Gasteiger partial charge in [0.1, 0.15) is 0 Å². The number of hydrogen-bond donors (Lipinski definition) is 0. The second kappa shape index (κ2) is 7.39. The lowest BCUT2D eigenvalue weighted by Crippen LogP contribution is -2.37. The maximum atomic E-state index is 10.7. The number of morpholine rings is 1. The molecule has 0 unspecified atom stereocenters. The van der Waals surface area contributed by atoms with Gasteiger partial charge in [-0.2, -0.15) is 0 Å². The average Bonchev–Trinajstić information content (AvgIpc) is 3.04. The molecule has 2 aromatic rings. The number of nitro groups is 1. The van der Waals surface area contributed by atoms with E-state index in [1.165, 1.54) is 5.69 Å². The summed E-state index contributed by atoms with van der Waals surface area (Å²) < 4.78 is 7.46. The van der Waals surface area contributed by atoms with E-state index < -0.39 is 0 Å². The molecule has 1 saturated heterocycles. The Morgan fingerprint density at radius 1 is 1.13 bits per heavy atom. The van der Waals surface area contributed by atoms with E-state index in [0.717, 1.165) is 51.4 Å². The van der Waals surface area contributed by atoms with Crippen molar-refractivity contribution in [1.29, 1.82) is 0 Å². The van der Waals surface area contributed by atoms with E-state index in [9.17, 15) is 10.1 Å². The summed E-state index contributed by atoms with van der Waals surface area (Å²) in [6.07, 6.45) is 4.09. The number of aryl methyl sites for hydroxylation is 1. The third-order valence-electron chi connectivity index (χ3n) is 4.18. The summed E-state index contributed by atoms with van der Waals surface area (Å²) >= 11 is 0. The summed E-state index contributed by atoms with van der Waals surface area (Å²) in [5.41, 5.74) is 2.31. The monoisotopic (exact) mass is 315 g/mol. The fourth-order valence-corrected chi connectivity index (χ4v) is 2.92. The van der Waals surface area contributed by atoms with E-state index in [2.05, 4.69) is 15.5 Å². The van der Waals surface area contributed by atoms with Crippen LogP contribution in [0.2, 0.25) is 0 Å². The van der Waals surface area contributed by atoms with Crippen LogP contribution in [-0.2, 0) is 11.2 Å². The Hall–Kier alpha value is -2.18. The van der Waals surface area contributed by atoms with Crippen LogP contribution in [0.4, 0.5) is 5.69 Å². The van der Waals surface area contributed by atoms with E-state index >= 15 is 0 Å². The Balaban J connectivity index is 1.61. The zero-order valence-corrected chi connectivity index (χ0v) is 13.1. The van der Waals surface area contributed by atoms with Gasteiger partial charge < -0.3 is 9.30 Å².